The number of nitrogens with one attached hydrogen (secondary N) is 1. The lowest BCUT2D eigenvalue weighted by molar-refractivity contribution is -0.127. The number of thioether (sulfide) groups is 1. The molecular weight excluding hydrogens is 234 g/mol. The number of carbonyl (C=O) groups is 1. The number of hydrogen-bond acceptors (Lipinski definition) is 4. The summed E-state index contributed by atoms with van der Waals surface area (Å²) < 4.78 is 0. The number of carbonyl (C=O) groups excluding carboxylic acids is 1. The van der Waals surface area contributed by atoms with Gasteiger partial charge >= 0.3 is 0 Å². The molecule has 4 nitrogen and oxygen atoms in total. The van der Waals surface area contributed by atoms with Crippen LogP contribution >= 0.6 is 11.8 Å². The van der Waals surface area contributed by atoms with E-state index in [-0.39, 0.29) is 5.91 Å². The SMILES string of the molecule is CN(C)C(=O)CNC1=NCC(CC(C)(C)C)S1. The average molecular weight is 257 g/mol. The fraction of sp³-hybridized carbons (Fsp3) is 0.833. The number of hydrogen-bond donors (Lipinski definition) is 1. The van der Waals surface area contributed by atoms with E-state index in [9.17, 15) is 4.79 Å². The molecule has 98 valence electrons. The van der Waals surface area contributed by atoms with Crippen LogP contribution in [0.2, 0.25) is 0 Å². The van der Waals surface area contributed by atoms with Crippen molar-refractivity contribution in [2.45, 2.75) is 32.4 Å². The Morgan fingerprint density at radius 2 is 2.18 bits per heavy atom. The van der Waals surface area contributed by atoms with Gasteiger partial charge in [-0.2, -0.15) is 0 Å². The molecule has 17 heavy (non-hydrogen) atoms. The normalized spacial score (nSPS) is 20.1. The van der Waals surface area contributed by atoms with E-state index in [0.29, 0.717) is 17.2 Å². The minimum atomic E-state index is 0.0765. The summed E-state index contributed by atoms with van der Waals surface area (Å²) in [7, 11) is 3.52. The van der Waals surface area contributed by atoms with Crippen LogP contribution in [-0.4, -0.2) is 48.4 Å². The molecule has 0 saturated carbocycles. The van der Waals surface area contributed by atoms with E-state index >= 15 is 0 Å². The minimum absolute atomic E-state index is 0.0765. The van der Waals surface area contributed by atoms with Gasteiger partial charge in [0, 0.05) is 19.3 Å². The van der Waals surface area contributed by atoms with Crippen LogP contribution in [0.5, 0.6) is 0 Å². The first-order valence-corrected chi connectivity index (χ1v) is 6.81. The first-order valence-electron chi connectivity index (χ1n) is 5.93. The predicted molar refractivity (Wildman–Crippen MR) is 74.4 cm³/mol. The largest absolute Gasteiger partial charge is 0.356 e. The zero-order chi connectivity index (χ0) is 13.1. The first kappa shape index (κ1) is 14.4. The highest BCUT2D eigenvalue weighted by molar-refractivity contribution is 8.14. The maximum atomic E-state index is 11.4. The zero-order valence-corrected chi connectivity index (χ0v) is 12.2. The molecule has 1 N–H and O–H groups in total. The summed E-state index contributed by atoms with van der Waals surface area (Å²) in [4.78, 5) is 17.4. The lowest BCUT2D eigenvalue weighted by Crippen LogP contribution is -2.34. The molecule has 0 fully saturated rings. The van der Waals surface area contributed by atoms with Gasteiger partial charge in [0.1, 0.15) is 0 Å². The van der Waals surface area contributed by atoms with Gasteiger partial charge in [-0.3, -0.25) is 9.79 Å². The van der Waals surface area contributed by atoms with Crippen LogP contribution in [-0.2, 0) is 4.79 Å². The molecule has 0 aromatic rings. The van der Waals surface area contributed by atoms with E-state index in [2.05, 4.69) is 31.1 Å². The fourth-order valence-corrected chi connectivity index (χ4v) is 2.97. The van der Waals surface area contributed by atoms with Gasteiger partial charge in [0.25, 0.3) is 0 Å². The highest BCUT2D eigenvalue weighted by Crippen LogP contribution is 2.31. The van der Waals surface area contributed by atoms with Crippen molar-refractivity contribution in [3.8, 4) is 0 Å². The number of nitrogens with zero attached hydrogens (tertiary/aromatic N) is 2. The Morgan fingerprint density at radius 3 is 2.71 bits per heavy atom. The Bertz CT molecular complexity index is 307. The summed E-state index contributed by atoms with van der Waals surface area (Å²) in [6.07, 6.45) is 1.15. The van der Waals surface area contributed by atoms with Crippen molar-refractivity contribution in [3.05, 3.63) is 0 Å². The van der Waals surface area contributed by atoms with Gasteiger partial charge in [-0.15, -0.1) is 0 Å². The van der Waals surface area contributed by atoms with Crippen molar-refractivity contribution in [2.75, 3.05) is 27.2 Å². The van der Waals surface area contributed by atoms with E-state index in [1.54, 1.807) is 30.8 Å². The molecule has 0 aliphatic carbocycles. The number of amides is 1. The van der Waals surface area contributed by atoms with Crippen molar-refractivity contribution < 1.29 is 4.79 Å². The standard InChI is InChI=1S/C12H23N3OS/c1-12(2,3)6-9-7-13-11(17-9)14-8-10(16)15(4)5/h9H,6-8H2,1-5H3,(H,13,14). The molecule has 1 rings (SSSR count). The first-order chi connectivity index (χ1) is 7.78. The van der Waals surface area contributed by atoms with Crippen LogP contribution in [0.1, 0.15) is 27.2 Å². The minimum Gasteiger partial charge on any atom is -0.356 e. The van der Waals surface area contributed by atoms with E-state index in [4.69, 9.17) is 0 Å². The van der Waals surface area contributed by atoms with Crippen LogP contribution in [0.3, 0.4) is 0 Å². The molecule has 5 heteroatoms. The van der Waals surface area contributed by atoms with Gasteiger partial charge in [-0.25, -0.2) is 0 Å². The average Bonchev–Trinajstić information content (AvgIpc) is 2.59. The predicted octanol–water partition coefficient (Wildman–Crippen LogP) is 1.57. The maximum Gasteiger partial charge on any atom is 0.241 e. The quantitative estimate of drug-likeness (QED) is 0.835. The molecule has 1 atom stereocenters. The van der Waals surface area contributed by atoms with E-state index in [0.717, 1.165) is 18.1 Å². The van der Waals surface area contributed by atoms with Crippen LogP contribution in [0.4, 0.5) is 0 Å². The molecule has 0 spiro atoms. The molecule has 1 aliphatic rings. The third-order valence-corrected chi connectivity index (χ3v) is 3.59. The summed E-state index contributed by atoms with van der Waals surface area (Å²) in [5.41, 5.74) is 0.335. The summed E-state index contributed by atoms with van der Waals surface area (Å²) in [6.45, 7) is 7.93. The highest BCUT2D eigenvalue weighted by Gasteiger charge is 2.25. The number of aliphatic imine (C=N–C) groups is 1. The molecule has 0 saturated heterocycles. The fourth-order valence-electron chi connectivity index (χ4n) is 1.61. The van der Waals surface area contributed by atoms with Gasteiger partial charge in [0.2, 0.25) is 5.91 Å². The number of amidine groups is 1. The van der Waals surface area contributed by atoms with Crippen molar-refractivity contribution in [3.63, 3.8) is 0 Å². The van der Waals surface area contributed by atoms with Crippen LogP contribution in [0.25, 0.3) is 0 Å². The summed E-state index contributed by atoms with van der Waals surface area (Å²) in [5, 5.41) is 4.56. The smallest absolute Gasteiger partial charge is 0.241 e. The molecule has 1 heterocycles. The summed E-state index contributed by atoms with van der Waals surface area (Å²) in [6, 6.07) is 0. The van der Waals surface area contributed by atoms with Crippen molar-refractivity contribution in [1.82, 2.24) is 10.2 Å². The van der Waals surface area contributed by atoms with Crippen molar-refractivity contribution >= 4 is 22.8 Å². The lowest BCUT2D eigenvalue weighted by atomic mass is 9.90. The Kier molecular flexibility index (Phi) is 4.86. The van der Waals surface area contributed by atoms with E-state index in [1.165, 1.54) is 0 Å². The monoisotopic (exact) mass is 257 g/mol. The number of likely N-dealkylation sites (N-methyl/N-ethyl adjacent to an activating group) is 1. The van der Waals surface area contributed by atoms with Gasteiger partial charge in [-0.05, 0) is 11.8 Å². The molecular formula is C12H23N3OS. The Morgan fingerprint density at radius 1 is 1.53 bits per heavy atom. The van der Waals surface area contributed by atoms with Crippen LogP contribution in [0.15, 0.2) is 4.99 Å². The third kappa shape index (κ3) is 5.44. The zero-order valence-electron chi connectivity index (χ0n) is 11.4. The Balaban J connectivity index is 2.28. The van der Waals surface area contributed by atoms with Gasteiger partial charge in [-0.1, -0.05) is 32.5 Å². The lowest BCUT2D eigenvalue weighted by Gasteiger charge is -2.21. The molecule has 1 amide bonds. The maximum absolute atomic E-state index is 11.4. The van der Waals surface area contributed by atoms with Crippen molar-refractivity contribution in [1.29, 1.82) is 0 Å². The summed E-state index contributed by atoms with van der Waals surface area (Å²) >= 11 is 1.76. The Hall–Kier alpha value is -0.710. The second kappa shape index (κ2) is 5.76. The van der Waals surface area contributed by atoms with E-state index < -0.39 is 0 Å². The third-order valence-electron chi connectivity index (χ3n) is 2.45. The van der Waals surface area contributed by atoms with Crippen LogP contribution in [0, 0.1) is 5.41 Å². The molecule has 0 radical (unpaired) electrons. The second-order valence-corrected chi connectivity index (χ2v) is 7.08. The molecule has 0 bridgehead atoms. The topological polar surface area (TPSA) is 44.7 Å². The summed E-state index contributed by atoms with van der Waals surface area (Å²) in [5.74, 6) is 0.0765. The van der Waals surface area contributed by atoms with Gasteiger partial charge < -0.3 is 10.2 Å². The highest BCUT2D eigenvalue weighted by atomic mass is 32.2. The van der Waals surface area contributed by atoms with Gasteiger partial charge in [0.05, 0.1) is 13.1 Å². The van der Waals surface area contributed by atoms with Crippen LogP contribution < -0.4 is 5.32 Å². The van der Waals surface area contributed by atoms with E-state index in [1.807, 2.05) is 0 Å². The molecule has 0 aromatic heterocycles. The molecule has 1 unspecified atom stereocenters. The molecule has 0 aromatic carbocycles. The second-order valence-electron chi connectivity index (χ2n) is 5.79. The number of rotatable bonds is 3. The van der Waals surface area contributed by atoms with Gasteiger partial charge in [0.15, 0.2) is 5.17 Å². The van der Waals surface area contributed by atoms with Crippen molar-refractivity contribution in [2.24, 2.45) is 10.4 Å². The Labute approximate surface area is 108 Å². The molecule has 1 aliphatic heterocycles.